The molecule has 136 valence electrons. The summed E-state index contributed by atoms with van der Waals surface area (Å²) >= 11 is 1.30. The van der Waals surface area contributed by atoms with Crippen LogP contribution >= 0.6 is 11.8 Å². The van der Waals surface area contributed by atoms with Crippen LogP contribution in [0, 0.1) is 0 Å². The number of hydrogen-bond donors (Lipinski definition) is 2. The summed E-state index contributed by atoms with van der Waals surface area (Å²) < 4.78 is 10.3. The van der Waals surface area contributed by atoms with Crippen molar-refractivity contribution in [3.63, 3.8) is 0 Å². The zero-order valence-corrected chi connectivity index (χ0v) is 15.0. The van der Waals surface area contributed by atoms with Crippen molar-refractivity contribution in [3.05, 3.63) is 23.8 Å². The van der Waals surface area contributed by atoms with Gasteiger partial charge in [0.05, 0.1) is 13.2 Å². The van der Waals surface area contributed by atoms with Gasteiger partial charge in [0.25, 0.3) is 0 Å². The maximum atomic E-state index is 11.2. The second kappa shape index (κ2) is 8.24. The van der Waals surface area contributed by atoms with Gasteiger partial charge in [-0.3, -0.25) is 9.79 Å². The van der Waals surface area contributed by atoms with Crippen molar-refractivity contribution in [2.24, 2.45) is 4.99 Å². The van der Waals surface area contributed by atoms with Crippen LogP contribution in [-0.2, 0) is 14.3 Å². The fourth-order valence-electron chi connectivity index (χ4n) is 2.17. The van der Waals surface area contributed by atoms with Gasteiger partial charge < -0.3 is 19.7 Å². The lowest BCUT2D eigenvalue weighted by molar-refractivity contribution is -0.143. The highest BCUT2D eigenvalue weighted by molar-refractivity contribution is 8.14. The van der Waals surface area contributed by atoms with E-state index in [-0.39, 0.29) is 18.1 Å². The van der Waals surface area contributed by atoms with E-state index in [0.29, 0.717) is 41.7 Å². The predicted octanol–water partition coefficient (Wildman–Crippen LogP) is 2.45. The lowest BCUT2D eigenvalue weighted by Gasteiger charge is -2.11. The molecule has 0 radical (unpaired) electrons. The smallest absolute Gasteiger partial charge is 0.332 e. The molecule has 25 heavy (non-hydrogen) atoms. The number of phenolic OH excluding ortho intramolecular Hbond substituents is 1. The highest BCUT2D eigenvalue weighted by atomic mass is 32.2. The molecule has 0 aliphatic carbocycles. The van der Waals surface area contributed by atoms with Gasteiger partial charge in [0.15, 0.2) is 5.54 Å². The quantitative estimate of drug-likeness (QED) is 0.537. The molecule has 1 aromatic carbocycles. The molecule has 8 heteroatoms. The van der Waals surface area contributed by atoms with Crippen LogP contribution in [0.2, 0.25) is 0 Å². The Kier molecular flexibility index (Phi) is 6.30. The third-order valence-electron chi connectivity index (χ3n) is 3.60. The number of carbonyl (C=O) groups is 2. The summed E-state index contributed by atoms with van der Waals surface area (Å²) in [6.45, 7) is 3.99. The molecule has 1 atom stereocenters. The van der Waals surface area contributed by atoms with Crippen LogP contribution < -0.4 is 4.74 Å². The normalized spacial score (nSPS) is 19.4. The van der Waals surface area contributed by atoms with Crippen molar-refractivity contribution in [3.8, 4) is 11.5 Å². The van der Waals surface area contributed by atoms with Gasteiger partial charge in [-0.25, -0.2) is 4.79 Å². The monoisotopic (exact) mass is 367 g/mol. The Balaban J connectivity index is 1.95. The zero-order chi connectivity index (χ0) is 18.4. The molecule has 2 N–H and O–H groups in total. The fraction of sp³-hybridized carbons (Fsp3) is 0.471. The third-order valence-corrected chi connectivity index (χ3v) is 4.89. The van der Waals surface area contributed by atoms with Crippen molar-refractivity contribution in [2.45, 2.75) is 32.2 Å². The van der Waals surface area contributed by atoms with Gasteiger partial charge in [-0.1, -0.05) is 0 Å². The van der Waals surface area contributed by atoms with E-state index in [2.05, 4.69) is 4.99 Å². The molecule has 1 aromatic rings. The molecule has 0 aromatic heterocycles. The predicted molar refractivity (Wildman–Crippen MR) is 94.5 cm³/mol. The second-order valence-corrected chi connectivity index (χ2v) is 6.68. The van der Waals surface area contributed by atoms with Gasteiger partial charge in [0.1, 0.15) is 16.5 Å². The van der Waals surface area contributed by atoms with Crippen molar-refractivity contribution < 1.29 is 29.3 Å². The summed E-state index contributed by atoms with van der Waals surface area (Å²) in [7, 11) is 0. The fourth-order valence-corrected chi connectivity index (χ4v) is 3.37. The number of esters is 1. The molecule has 0 saturated heterocycles. The molecule has 0 amide bonds. The standard InChI is InChI=1S/C17H21NO6S/c1-3-23-14(20)5-4-8-24-11-6-7-12(13(19)9-11)15-18-17(2,10-25-15)16(21)22/h6-7,9,19H,3-5,8,10H2,1-2H3,(H,21,22)/t17-/m1/s1. The number of carboxylic acid groups (broad SMARTS) is 1. The number of ether oxygens (including phenoxy) is 2. The van der Waals surface area contributed by atoms with E-state index in [1.54, 1.807) is 26.0 Å². The summed E-state index contributed by atoms with van der Waals surface area (Å²) in [5.74, 6) is -0.486. The van der Waals surface area contributed by atoms with E-state index in [4.69, 9.17) is 9.47 Å². The van der Waals surface area contributed by atoms with Gasteiger partial charge in [-0.15, -0.1) is 11.8 Å². The Bertz CT molecular complexity index is 690. The van der Waals surface area contributed by atoms with Crippen LogP contribution in [0.4, 0.5) is 0 Å². The minimum absolute atomic E-state index is 0.0243. The topological polar surface area (TPSA) is 105 Å². The molecule has 0 saturated carbocycles. The van der Waals surface area contributed by atoms with E-state index >= 15 is 0 Å². The summed E-state index contributed by atoms with van der Waals surface area (Å²) in [4.78, 5) is 26.7. The first-order valence-electron chi connectivity index (χ1n) is 7.93. The number of carboxylic acids is 1. The van der Waals surface area contributed by atoms with Crippen LogP contribution in [-0.4, -0.2) is 51.7 Å². The van der Waals surface area contributed by atoms with Crippen LogP contribution in [0.15, 0.2) is 23.2 Å². The van der Waals surface area contributed by atoms with E-state index in [1.165, 1.54) is 17.8 Å². The Morgan fingerprint density at radius 1 is 1.40 bits per heavy atom. The van der Waals surface area contributed by atoms with E-state index < -0.39 is 11.5 Å². The summed E-state index contributed by atoms with van der Waals surface area (Å²) in [6.07, 6.45) is 0.792. The van der Waals surface area contributed by atoms with Crippen molar-refractivity contribution in [1.29, 1.82) is 0 Å². The summed E-state index contributed by atoms with van der Waals surface area (Å²) in [5, 5.41) is 19.9. The number of aliphatic imine (C=N–C) groups is 1. The first-order chi connectivity index (χ1) is 11.9. The summed E-state index contributed by atoms with van der Waals surface area (Å²) in [6, 6.07) is 4.79. The number of phenols is 1. The molecule has 0 spiro atoms. The maximum Gasteiger partial charge on any atom is 0.332 e. The average molecular weight is 367 g/mol. The van der Waals surface area contributed by atoms with Crippen LogP contribution in [0.25, 0.3) is 0 Å². The Morgan fingerprint density at radius 2 is 2.16 bits per heavy atom. The molecule has 1 aliphatic heterocycles. The largest absolute Gasteiger partial charge is 0.507 e. The minimum Gasteiger partial charge on any atom is -0.507 e. The Hall–Kier alpha value is -2.22. The number of hydrogen-bond acceptors (Lipinski definition) is 7. The highest BCUT2D eigenvalue weighted by Gasteiger charge is 2.38. The number of thioether (sulfide) groups is 1. The van der Waals surface area contributed by atoms with Gasteiger partial charge in [-0.2, -0.15) is 0 Å². The molecule has 2 rings (SSSR count). The molecule has 7 nitrogen and oxygen atoms in total. The average Bonchev–Trinajstić information content (AvgIpc) is 2.95. The van der Waals surface area contributed by atoms with Crippen molar-refractivity contribution in [2.75, 3.05) is 19.0 Å². The van der Waals surface area contributed by atoms with Crippen LogP contribution in [0.3, 0.4) is 0 Å². The van der Waals surface area contributed by atoms with Crippen molar-refractivity contribution >= 4 is 28.7 Å². The van der Waals surface area contributed by atoms with Crippen LogP contribution in [0.1, 0.15) is 32.3 Å². The van der Waals surface area contributed by atoms with E-state index in [9.17, 15) is 19.8 Å². The van der Waals surface area contributed by atoms with Crippen LogP contribution in [0.5, 0.6) is 11.5 Å². The molecule has 0 unspecified atom stereocenters. The SMILES string of the molecule is CCOC(=O)CCCOc1ccc(C2=N[C@@](C)(C(=O)O)CS2)c(O)c1. The maximum absolute atomic E-state index is 11.2. The van der Waals surface area contributed by atoms with Gasteiger partial charge in [0.2, 0.25) is 0 Å². The minimum atomic E-state index is -1.17. The number of aliphatic carboxylic acids is 1. The van der Waals surface area contributed by atoms with E-state index in [0.717, 1.165) is 0 Å². The number of aromatic hydroxyl groups is 1. The molecule has 0 fully saturated rings. The van der Waals surface area contributed by atoms with E-state index in [1.807, 2.05) is 0 Å². The summed E-state index contributed by atoms with van der Waals surface area (Å²) in [5.41, 5.74) is -0.692. The Labute approximate surface area is 150 Å². The molecule has 1 heterocycles. The van der Waals surface area contributed by atoms with Crippen molar-refractivity contribution in [1.82, 2.24) is 0 Å². The number of rotatable bonds is 8. The van der Waals surface area contributed by atoms with Gasteiger partial charge >= 0.3 is 11.9 Å². The van der Waals surface area contributed by atoms with Gasteiger partial charge in [0, 0.05) is 23.8 Å². The molecular formula is C17H21NO6S. The second-order valence-electron chi connectivity index (χ2n) is 5.72. The lowest BCUT2D eigenvalue weighted by atomic mass is 10.1. The molecule has 0 bridgehead atoms. The highest BCUT2D eigenvalue weighted by Crippen LogP contribution is 2.35. The Morgan fingerprint density at radius 3 is 2.76 bits per heavy atom. The lowest BCUT2D eigenvalue weighted by Crippen LogP contribution is -2.33. The third kappa shape index (κ3) is 4.88. The first-order valence-corrected chi connectivity index (χ1v) is 8.92. The molecule has 1 aliphatic rings. The first kappa shape index (κ1) is 19.1. The van der Waals surface area contributed by atoms with Gasteiger partial charge in [-0.05, 0) is 32.4 Å². The number of nitrogens with zero attached hydrogens (tertiary/aromatic N) is 1. The number of carbonyl (C=O) groups excluding carboxylic acids is 1. The molecular weight excluding hydrogens is 346 g/mol. The number of benzene rings is 1. The zero-order valence-electron chi connectivity index (χ0n) is 14.2.